The van der Waals surface area contributed by atoms with Crippen molar-refractivity contribution < 1.29 is 9.47 Å². The zero-order valence-corrected chi connectivity index (χ0v) is 9.37. The fraction of sp³-hybridized carbons (Fsp3) is 1.00. The summed E-state index contributed by atoms with van der Waals surface area (Å²) >= 11 is 0. The molecule has 0 N–H and O–H groups in total. The monoisotopic (exact) mass is 198 g/mol. The van der Waals surface area contributed by atoms with Crippen LogP contribution in [0.3, 0.4) is 0 Å². The maximum absolute atomic E-state index is 5.86. The van der Waals surface area contributed by atoms with Crippen molar-refractivity contribution in [3.8, 4) is 0 Å². The summed E-state index contributed by atoms with van der Waals surface area (Å²) in [4.78, 5) is 0. The van der Waals surface area contributed by atoms with Gasteiger partial charge in [0.05, 0.1) is 12.2 Å². The summed E-state index contributed by atoms with van der Waals surface area (Å²) in [6.45, 7) is 6.44. The van der Waals surface area contributed by atoms with E-state index in [0.29, 0.717) is 12.2 Å². The smallest absolute Gasteiger partial charge is 0.0839 e. The molecule has 0 amide bonds. The SMILES string of the molecule is CC(C)C1CCC2OCCCOC2C1. The Morgan fingerprint density at radius 2 is 1.71 bits per heavy atom. The molecular formula is C12H22O2. The molecule has 3 atom stereocenters. The van der Waals surface area contributed by atoms with Crippen molar-refractivity contribution in [1.29, 1.82) is 0 Å². The lowest BCUT2D eigenvalue weighted by Gasteiger charge is -2.36. The first-order valence-electron chi connectivity index (χ1n) is 6.00. The van der Waals surface area contributed by atoms with Crippen LogP contribution in [0.1, 0.15) is 39.5 Å². The maximum atomic E-state index is 5.86. The molecule has 82 valence electrons. The van der Waals surface area contributed by atoms with Crippen LogP contribution in [0.5, 0.6) is 0 Å². The van der Waals surface area contributed by atoms with Crippen molar-refractivity contribution in [1.82, 2.24) is 0 Å². The molecule has 0 aromatic rings. The summed E-state index contributed by atoms with van der Waals surface area (Å²) in [5, 5.41) is 0. The zero-order chi connectivity index (χ0) is 9.97. The standard InChI is InChI=1S/C12H22O2/c1-9(2)10-4-5-11-12(8-10)14-7-3-6-13-11/h9-12H,3-8H2,1-2H3. The summed E-state index contributed by atoms with van der Waals surface area (Å²) in [6.07, 6.45) is 5.59. The van der Waals surface area contributed by atoms with E-state index in [4.69, 9.17) is 9.47 Å². The van der Waals surface area contributed by atoms with Gasteiger partial charge in [-0.05, 0) is 37.5 Å². The van der Waals surface area contributed by atoms with E-state index in [0.717, 1.165) is 31.5 Å². The highest BCUT2D eigenvalue weighted by Crippen LogP contribution is 2.34. The molecule has 0 radical (unpaired) electrons. The Labute approximate surface area is 87.0 Å². The molecule has 0 aromatic heterocycles. The van der Waals surface area contributed by atoms with Gasteiger partial charge in [-0.1, -0.05) is 13.8 Å². The second-order valence-electron chi connectivity index (χ2n) is 4.99. The largest absolute Gasteiger partial charge is 0.375 e. The third kappa shape index (κ3) is 2.29. The second-order valence-corrected chi connectivity index (χ2v) is 4.99. The lowest BCUT2D eigenvalue weighted by atomic mass is 9.79. The van der Waals surface area contributed by atoms with Crippen molar-refractivity contribution >= 4 is 0 Å². The molecule has 0 aromatic carbocycles. The first kappa shape index (κ1) is 10.4. The molecule has 0 bridgehead atoms. The summed E-state index contributed by atoms with van der Waals surface area (Å²) in [5.74, 6) is 1.64. The maximum Gasteiger partial charge on any atom is 0.0839 e. The van der Waals surface area contributed by atoms with Crippen LogP contribution in [-0.4, -0.2) is 25.4 Å². The van der Waals surface area contributed by atoms with Crippen LogP contribution in [0.15, 0.2) is 0 Å². The van der Waals surface area contributed by atoms with E-state index in [9.17, 15) is 0 Å². The summed E-state index contributed by atoms with van der Waals surface area (Å²) in [6, 6.07) is 0. The lowest BCUT2D eigenvalue weighted by molar-refractivity contribution is -0.0750. The Morgan fingerprint density at radius 1 is 1.00 bits per heavy atom. The zero-order valence-electron chi connectivity index (χ0n) is 9.37. The summed E-state index contributed by atoms with van der Waals surface area (Å²) in [7, 11) is 0. The van der Waals surface area contributed by atoms with Gasteiger partial charge in [0.1, 0.15) is 0 Å². The van der Waals surface area contributed by atoms with Gasteiger partial charge in [0, 0.05) is 13.2 Å². The Kier molecular flexibility index (Phi) is 3.45. The number of rotatable bonds is 1. The molecule has 3 unspecified atom stereocenters. The first-order chi connectivity index (χ1) is 6.77. The highest BCUT2D eigenvalue weighted by Gasteiger charge is 2.33. The molecular weight excluding hydrogens is 176 g/mol. The molecule has 0 spiro atoms. The van der Waals surface area contributed by atoms with E-state index in [1.807, 2.05) is 0 Å². The van der Waals surface area contributed by atoms with Crippen molar-refractivity contribution in [2.75, 3.05) is 13.2 Å². The van der Waals surface area contributed by atoms with Gasteiger partial charge in [-0.3, -0.25) is 0 Å². The van der Waals surface area contributed by atoms with Gasteiger partial charge in [0.15, 0.2) is 0 Å². The Balaban J connectivity index is 1.93. The van der Waals surface area contributed by atoms with Crippen LogP contribution in [-0.2, 0) is 9.47 Å². The predicted molar refractivity (Wildman–Crippen MR) is 56.3 cm³/mol. The number of hydrogen-bond donors (Lipinski definition) is 0. The van der Waals surface area contributed by atoms with E-state index in [-0.39, 0.29) is 0 Å². The van der Waals surface area contributed by atoms with Crippen molar-refractivity contribution in [3.05, 3.63) is 0 Å². The fourth-order valence-corrected chi connectivity index (χ4v) is 2.63. The van der Waals surface area contributed by atoms with Crippen LogP contribution in [0.25, 0.3) is 0 Å². The number of ether oxygens (including phenoxy) is 2. The predicted octanol–water partition coefficient (Wildman–Crippen LogP) is 2.62. The van der Waals surface area contributed by atoms with Crippen LogP contribution in [0, 0.1) is 11.8 Å². The molecule has 2 nitrogen and oxygen atoms in total. The van der Waals surface area contributed by atoms with Crippen molar-refractivity contribution in [2.45, 2.75) is 51.7 Å². The topological polar surface area (TPSA) is 18.5 Å². The van der Waals surface area contributed by atoms with Gasteiger partial charge in [-0.2, -0.15) is 0 Å². The third-order valence-electron chi connectivity index (χ3n) is 3.67. The van der Waals surface area contributed by atoms with Gasteiger partial charge in [-0.25, -0.2) is 0 Å². The minimum absolute atomic E-state index is 0.388. The molecule has 2 heteroatoms. The normalized spacial score (nSPS) is 39.2. The average Bonchev–Trinajstić information content (AvgIpc) is 2.41. The summed E-state index contributed by atoms with van der Waals surface area (Å²) < 4.78 is 11.7. The van der Waals surface area contributed by atoms with Crippen molar-refractivity contribution in [2.24, 2.45) is 11.8 Å². The van der Waals surface area contributed by atoms with E-state index >= 15 is 0 Å². The summed E-state index contributed by atoms with van der Waals surface area (Å²) in [5.41, 5.74) is 0. The van der Waals surface area contributed by atoms with E-state index in [1.165, 1.54) is 19.3 Å². The Hall–Kier alpha value is -0.0800. The fourth-order valence-electron chi connectivity index (χ4n) is 2.63. The lowest BCUT2D eigenvalue weighted by Crippen LogP contribution is -2.37. The van der Waals surface area contributed by atoms with Crippen LogP contribution < -0.4 is 0 Å². The molecule has 14 heavy (non-hydrogen) atoms. The Morgan fingerprint density at radius 3 is 2.43 bits per heavy atom. The van der Waals surface area contributed by atoms with Gasteiger partial charge in [0.2, 0.25) is 0 Å². The van der Waals surface area contributed by atoms with Gasteiger partial charge < -0.3 is 9.47 Å². The molecule has 2 aliphatic rings. The first-order valence-corrected chi connectivity index (χ1v) is 6.00. The quantitative estimate of drug-likeness (QED) is 0.645. The third-order valence-corrected chi connectivity index (χ3v) is 3.67. The molecule has 2 fully saturated rings. The molecule has 1 heterocycles. The van der Waals surface area contributed by atoms with E-state index in [2.05, 4.69) is 13.8 Å². The molecule has 2 rings (SSSR count). The molecule has 1 saturated heterocycles. The van der Waals surface area contributed by atoms with E-state index < -0.39 is 0 Å². The second kappa shape index (κ2) is 4.63. The van der Waals surface area contributed by atoms with Crippen LogP contribution >= 0.6 is 0 Å². The van der Waals surface area contributed by atoms with Gasteiger partial charge in [-0.15, -0.1) is 0 Å². The average molecular weight is 198 g/mol. The minimum Gasteiger partial charge on any atom is -0.375 e. The molecule has 1 saturated carbocycles. The molecule has 1 aliphatic heterocycles. The van der Waals surface area contributed by atoms with Crippen LogP contribution in [0.4, 0.5) is 0 Å². The highest BCUT2D eigenvalue weighted by atomic mass is 16.5. The highest BCUT2D eigenvalue weighted by molar-refractivity contribution is 4.84. The minimum atomic E-state index is 0.388. The van der Waals surface area contributed by atoms with Gasteiger partial charge in [0.25, 0.3) is 0 Å². The van der Waals surface area contributed by atoms with Crippen molar-refractivity contribution in [3.63, 3.8) is 0 Å². The number of hydrogen-bond acceptors (Lipinski definition) is 2. The Bertz CT molecular complexity index is 179. The number of fused-ring (bicyclic) bond motifs is 1. The van der Waals surface area contributed by atoms with Gasteiger partial charge >= 0.3 is 0 Å². The van der Waals surface area contributed by atoms with Crippen LogP contribution in [0.2, 0.25) is 0 Å². The molecule has 1 aliphatic carbocycles. The van der Waals surface area contributed by atoms with E-state index in [1.54, 1.807) is 0 Å².